The molecule has 0 N–H and O–H groups in total. The fourth-order valence-electron chi connectivity index (χ4n) is 4.12. The highest BCUT2D eigenvalue weighted by molar-refractivity contribution is 7.09. The third-order valence-electron chi connectivity index (χ3n) is 5.79. The van der Waals surface area contributed by atoms with Crippen molar-refractivity contribution in [2.75, 3.05) is 33.2 Å². The number of piperazine rings is 1. The minimum atomic E-state index is -0.491. The Kier molecular flexibility index (Phi) is 5.05. The van der Waals surface area contributed by atoms with Crippen LogP contribution in [0.15, 0.2) is 22.2 Å². The lowest BCUT2D eigenvalue weighted by Crippen LogP contribution is -2.67. The average molecular weight is 405 g/mol. The molecule has 27 heavy (non-hydrogen) atoms. The van der Waals surface area contributed by atoms with Crippen molar-refractivity contribution in [3.05, 3.63) is 38.5 Å². The fraction of sp³-hybridized carbons (Fsp3) is 0.526. The van der Waals surface area contributed by atoms with Gasteiger partial charge in [-0.05, 0) is 38.3 Å². The highest BCUT2D eigenvalue weighted by atomic mass is 32.1. The summed E-state index contributed by atoms with van der Waals surface area (Å²) in [6.45, 7) is 5.39. The van der Waals surface area contributed by atoms with Gasteiger partial charge in [0.05, 0.1) is 22.8 Å². The number of carbonyl (C=O) groups is 2. The lowest BCUT2D eigenvalue weighted by molar-refractivity contribution is -0.154. The molecule has 144 valence electrons. The van der Waals surface area contributed by atoms with Gasteiger partial charge < -0.3 is 9.80 Å². The number of nitrogens with zero attached hydrogens (tertiary/aromatic N) is 4. The minimum absolute atomic E-state index is 0.0758. The van der Waals surface area contributed by atoms with Crippen LogP contribution in [-0.4, -0.2) is 70.3 Å². The largest absolute Gasteiger partial charge is 0.338 e. The average Bonchev–Trinajstić information content (AvgIpc) is 3.34. The van der Waals surface area contributed by atoms with E-state index in [1.807, 2.05) is 46.0 Å². The van der Waals surface area contributed by atoms with Gasteiger partial charge in [0, 0.05) is 36.9 Å². The quantitative estimate of drug-likeness (QED) is 0.789. The summed E-state index contributed by atoms with van der Waals surface area (Å²) in [4.78, 5) is 36.6. The maximum Gasteiger partial charge on any atom is 0.254 e. The Morgan fingerprint density at radius 1 is 1.22 bits per heavy atom. The summed E-state index contributed by atoms with van der Waals surface area (Å²) < 4.78 is 0. The Morgan fingerprint density at radius 3 is 2.63 bits per heavy atom. The zero-order chi connectivity index (χ0) is 19.0. The molecule has 0 aromatic carbocycles. The van der Waals surface area contributed by atoms with Crippen LogP contribution in [0.2, 0.25) is 0 Å². The molecule has 0 atom stereocenters. The van der Waals surface area contributed by atoms with Crippen LogP contribution in [0, 0.1) is 6.92 Å². The van der Waals surface area contributed by atoms with Crippen molar-refractivity contribution in [3.8, 4) is 0 Å². The number of hydrogen-bond donors (Lipinski definition) is 0. The second-order valence-electron chi connectivity index (χ2n) is 7.34. The highest BCUT2D eigenvalue weighted by Gasteiger charge is 2.49. The van der Waals surface area contributed by atoms with Gasteiger partial charge >= 0.3 is 0 Å². The maximum absolute atomic E-state index is 13.4. The molecule has 2 aromatic rings. The summed E-state index contributed by atoms with van der Waals surface area (Å²) in [6.07, 6.45) is 1.37. The van der Waals surface area contributed by atoms with E-state index in [-0.39, 0.29) is 11.8 Å². The molecule has 2 saturated heterocycles. The van der Waals surface area contributed by atoms with Crippen molar-refractivity contribution in [1.82, 2.24) is 19.7 Å². The van der Waals surface area contributed by atoms with E-state index in [2.05, 4.69) is 9.88 Å². The molecule has 8 heteroatoms. The number of hydrogen-bond acceptors (Lipinski definition) is 6. The molecule has 2 aliphatic rings. The molecular weight excluding hydrogens is 380 g/mol. The van der Waals surface area contributed by atoms with E-state index in [1.54, 1.807) is 11.3 Å². The van der Waals surface area contributed by atoms with Crippen molar-refractivity contribution in [3.63, 3.8) is 0 Å². The number of likely N-dealkylation sites (tertiary alicyclic amines) is 1. The molecule has 2 fully saturated rings. The number of aromatic nitrogens is 1. The Labute approximate surface area is 167 Å². The van der Waals surface area contributed by atoms with Crippen LogP contribution in [-0.2, 0) is 11.3 Å². The van der Waals surface area contributed by atoms with E-state index in [1.165, 1.54) is 11.3 Å². The molecule has 0 saturated carbocycles. The molecule has 2 aromatic heterocycles. The van der Waals surface area contributed by atoms with E-state index in [9.17, 15) is 9.59 Å². The number of likely N-dealkylation sites (N-methyl/N-ethyl adjacent to an activating group) is 1. The number of thiazole rings is 1. The number of piperidine rings is 1. The molecule has 0 radical (unpaired) electrons. The monoisotopic (exact) mass is 404 g/mol. The van der Waals surface area contributed by atoms with Crippen molar-refractivity contribution < 1.29 is 9.59 Å². The first-order chi connectivity index (χ1) is 13.0. The van der Waals surface area contributed by atoms with Crippen molar-refractivity contribution in [2.45, 2.75) is 31.8 Å². The van der Waals surface area contributed by atoms with Gasteiger partial charge in [-0.2, -0.15) is 11.3 Å². The SMILES string of the molecule is Cc1nc(CN2CCN(C)C3(CCN(C(=O)c4ccsc4)CC3)C2=O)cs1. The predicted octanol–water partition coefficient (Wildman–Crippen LogP) is 2.46. The van der Waals surface area contributed by atoms with E-state index < -0.39 is 5.54 Å². The van der Waals surface area contributed by atoms with E-state index in [4.69, 9.17) is 0 Å². The highest BCUT2D eigenvalue weighted by Crippen LogP contribution is 2.34. The number of rotatable bonds is 3. The summed E-state index contributed by atoms with van der Waals surface area (Å²) in [5.41, 5.74) is 1.23. The van der Waals surface area contributed by atoms with Crippen LogP contribution in [0.3, 0.4) is 0 Å². The Bertz CT molecular complexity index is 825. The Hall–Kier alpha value is -1.77. The van der Waals surface area contributed by atoms with Gasteiger partial charge in [-0.3, -0.25) is 14.5 Å². The molecule has 1 spiro atoms. The van der Waals surface area contributed by atoms with Crippen molar-refractivity contribution >= 4 is 34.5 Å². The summed E-state index contributed by atoms with van der Waals surface area (Å²) >= 11 is 3.16. The van der Waals surface area contributed by atoms with Gasteiger partial charge in [-0.1, -0.05) is 0 Å². The standard InChI is InChI=1S/C19H24N4O2S2/c1-14-20-16(13-27-14)11-23-9-8-21(2)19(18(23)25)4-6-22(7-5-19)17(24)15-3-10-26-12-15/h3,10,12-13H,4-9,11H2,1-2H3. The van der Waals surface area contributed by atoms with E-state index in [0.29, 0.717) is 32.5 Å². The zero-order valence-electron chi connectivity index (χ0n) is 15.7. The van der Waals surface area contributed by atoms with Gasteiger partial charge in [0.25, 0.3) is 5.91 Å². The van der Waals surface area contributed by atoms with Crippen molar-refractivity contribution in [1.29, 1.82) is 0 Å². The van der Waals surface area contributed by atoms with E-state index >= 15 is 0 Å². The lowest BCUT2D eigenvalue weighted by Gasteiger charge is -2.51. The lowest BCUT2D eigenvalue weighted by atomic mass is 9.82. The summed E-state index contributed by atoms with van der Waals surface area (Å²) in [7, 11) is 2.04. The molecule has 0 bridgehead atoms. The molecule has 4 rings (SSSR count). The first-order valence-corrected chi connectivity index (χ1v) is 11.0. The number of carbonyl (C=O) groups excluding carboxylic acids is 2. The van der Waals surface area contributed by atoms with Gasteiger partial charge in [0.15, 0.2) is 0 Å². The van der Waals surface area contributed by atoms with Crippen LogP contribution in [0.1, 0.15) is 33.9 Å². The summed E-state index contributed by atoms with van der Waals surface area (Å²) in [6, 6.07) is 1.87. The number of thiophene rings is 1. The zero-order valence-corrected chi connectivity index (χ0v) is 17.3. The number of aryl methyl sites for hydroxylation is 1. The van der Waals surface area contributed by atoms with Gasteiger partial charge in [0.2, 0.25) is 5.91 Å². The molecule has 2 amide bonds. The Balaban J connectivity index is 1.46. The smallest absolute Gasteiger partial charge is 0.254 e. The van der Waals surface area contributed by atoms with Gasteiger partial charge in [-0.15, -0.1) is 11.3 Å². The minimum Gasteiger partial charge on any atom is -0.338 e. The topological polar surface area (TPSA) is 56.8 Å². The van der Waals surface area contributed by atoms with Crippen LogP contribution in [0.5, 0.6) is 0 Å². The van der Waals surface area contributed by atoms with Gasteiger partial charge in [0.1, 0.15) is 5.54 Å². The first kappa shape index (κ1) is 18.6. The third kappa shape index (κ3) is 3.41. The van der Waals surface area contributed by atoms with Crippen LogP contribution >= 0.6 is 22.7 Å². The second-order valence-corrected chi connectivity index (χ2v) is 9.18. The normalized spacial score (nSPS) is 20.4. The molecule has 0 aliphatic carbocycles. The second kappa shape index (κ2) is 7.33. The predicted molar refractivity (Wildman–Crippen MR) is 107 cm³/mol. The van der Waals surface area contributed by atoms with Crippen LogP contribution in [0.4, 0.5) is 0 Å². The molecule has 4 heterocycles. The summed E-state index contributed by atoms with van der Waals surface area (Å²) in [5.74, 6) is 0.261. The number of amides is 2. The third-order valence-corrected chi connectivity index (χ3v) is 7.29. The first-order valence-electron chi connectivity index (χ1n) is 9.23. The van der Waals surface area contributed by atoms with Crippen LogP contribution < -0.4 is 0 Å². The van der Waals surface area contributed by atoms with Crippen molar-refractivity contribution in [2.24, 2.45) is 0 Å². The maximum atomic E-state index is 13.4. The van der Waals surface area contributed by atoms with Gasteiger partial charge in [-0.25, -0.2) is 4.98 Å². The molecular formula is C19H24N4O2S2. The molecule has 2 aliphatic heterocycles. The summed E-state index contributed by atoms with van der Waals surface area (Å²) in [5, 5.41) is 6.88. The molecule has 6 nitrogen and oxygen atoms in total. The van der Waals surface area contributed by atoms with E-state index in [0.717, 1.165) is 29.4 Å². The molecule has 0 unspecified atom stereocenters. The van der Waals surface area contributed by atoms with Crippen LogP contribution in [0.25, 0.3) is 0 Å². The Morgan fingerprint density at radius 2 is 2.00 bits per heavy atom. The fourth-order valence-corrected chi connectivity index (χ4v) is 5.35.